The number of rotatable bonds is 7. The van der Waals surface area contributed by atoms with Crippen LogP contribution < -0.4 is 10.0 Å². The van der Waals surface area contributed by atoms with Crippen molar-refractivity contribution in [2.24, 2.45) is 0 Å². The van der Waals surface area contributed by atoms with Gasteiger partial charge in [0.15, 0.2) is 5.82 Å². The molecule has 1 amide bonds. The molecule has 3 rings (SSSR count). The van der Waals surface area contributed by atoms with Gasteiger partial charge in [-0.2, -0.15) is 4.72 Å². The molecule has 0 radical (unpaired) electrons. The molecule has 1 atom stereocenters. The molecule has 3 aromatic rings. The number of sulfonamides is 1. The van der Waals surface area contributed by atoms with Gasteiger partial charge in [-0.05, 0) is 30.4 Å². The fourth-order valence-electron chi connectivity index (χ4n) is 2.34. The molecule has 0 aliphatic heterocycles. The highest BCUT2D eigenvalue weighted by molar-refractivity contribution is 7.91. The monoisotopic (exact) mass is 391 g/mol. The summed E-state index contributed by atoms with van der Waals surface area (Å²) in [6.07, 6.45) is 0.202. The van der Waals surface area contributed by atoms with E-state index in [0.29, 0.717) is 5.76 Å². The van der Waals surface area contributed by atoms with Crippen LogP contribution in [0.15, 0.2) is 62.6 Å². The van der Waals surface area contributed by atoms with Gasteiger partial charge in [0.2, 0.25) is 5.91 Å². The first-order valence-electron chi connectivity index (χ1n) is 7.78. The van der Waals surface area contributed by atoms with E-state index < -0.39 is 22.0 Å². The van der Waals surface area contributed by atoms with Crippen molar-refractivity contribution in [1.29, 1.82) is 0 Å². The fraction of sp³-hybridized carbons (Fsp3) is 0.176. The largest absolute Gasteiger partial charge is 0.360 e. The molecular formula is C17H17N3O4S2. The lowest BCUT2D eigenvalue weighted by Gasteiger charge is -2.17. The zero-order valence-corrected chi connectivity index (χ0v) is 15.5. The maximum Gasteiger partial charge on any atom is 0.250 e. The summed E-state index contributed by atoms with van der Waals surface area (Å²) in [4.78, 5) is 12.7. The molecule has 0 aliphatic carbocycles. The van der Waals surface area contributed by atoms with Gasteiger partial charge in [-0.25, -0.2) is 8.42 Å². The van der Waals surface area contributed by atoms with Gasteiger partial charge in [-0.3, -0.25) is 4.79 Å². The van der Waals surface area contributed by atoms with Crippen molar-refractivity contribution in [1.82, 2.24) is 9.88 Å². The third-order valence-electron chi connectivity index (χ3n) is 3.54. The van der Waals surface area contributed by atoms with Crippen LogP contribution in [0.1, 0.15) is 11.3 Å². The third kappa shape index (κ3) is 4.57. The van der Waals surface area contributed by atoms with E-state index in [-0.39, 0.29) is 16.4 Å². The van der Waals surface area contributed by atoms with Crippen LogP contribution in [0.25, 0.3) is 0 Å². The number of thiophene rings is 1. The molecule has 2 aromatic heterocycles. The summed E-state index contributed by atoms with van der Waals surface area (Å²) in [6, 6.07) is 12.9. The molecule has 0 fully saturated rings. The second-order valence-corrected chi connectivity index (χ2v) is 8.50. The second-order valence-electron chi connectivity index (χ2n) is 5.61. The van der Waals surface area contributed by atoms with Crippen molar-refractivity contribution in [3.05, 3.63) is 65.2 Å². The predicted molar refractivity (Wildman–Crippen MR) is 98.4 cm³/mol. The summed E-state index contributed by atoms with van der Waals surface area (Å²) in [5, 5.41) is 7.96. The standard InChI is InChI=1S/C17H17N3O4S2/c1-12-10-15(19-24-12)18-17(21)14(11-13-6-3-2-4-7-13)20-26(22,23)16-8-5-9-25-16/h2-10,14,20H,11H2,1H3,(H,18,19,21)/t14-/m0/s1. The molecule has 9 heteroatoms. The van der Waals surface area contributed by atoms with Crippen molar-refractivity contribution in [2.75, 3.05) is 5.32 Å². The number of carbonyl (C=O) groups excluding carboxylic acids is 1. The van der Waals surface area contributed by atoms with Gasteiger partial charge < -0.3 is 9.84 Å². The fourth-order valence-corrected chi connectivity index (χ4v) is 4.54. The number of carbonyl (C=O) groups is 1. The molecule has 2 heterocycles. The maximum absolute atomic E-state index is 12.7. The number of aromatic nitrogens is 1. The third-order valence-corrected chi connectivity index (χ3v) is 6.40. The molecule has 0 saturated heterocycles. The minimum Gasteiger partial charge on any atom is -0.360 e. The van der Waals surface area contributed by atoms with E-state index in [4.69, 9.17) is 4.52 Å². The van der Waals surface area contributed by atoms with E-state index in [1.165, 1.54) is 6.07 Å². The van der Waals surface area contributed by atoms with Crippen LogP contribution in [-0.4, -0.2) is 25.5 Å². The predicted octanol–water partition coefficient (Wildman–Crippen LogP) is 2.57. The molecule has 0 spiro atoms. The van der Waals surface area contributed by atoms with Crippen LogP contribution in [0, 0.1) is 6.92 Å². The Labute approximate surface area is 155 Å². The Morgan fingerprint density at radius 3 is 2.62 bits per heavy atom. The highest BCUT2D eigenvalue weighted by Crippen LogP contribution is 2.17. The quantitative estimate of drug-likeness (QED) is 0.645. The number of aryl methyl sites for hydroxylation is 1. The lowest BCUT2D eigenvalue weighted by Crippen LogP contribution is -2.45. The summed E-state index contributed by atoms with van der Waals surface area (Å²) in [5.41, 5.74) is 0.831. The van der Waals surface area contributed by atoms with Crippen molar-refractivity contribution in [3.8, 4) is 0 Å². The normalized spacial score (nSPS) is 12.7. The first kappa shape index (κ1) is 18.3. The van der Waals surface area contributed by atoms with Gasteiger partial charge >= 0.3 is 0 Å². The van der Waals surface area contributed by atoms with Crippen LogP contribution in [0.4, 0.5) is 5.82 Å². The minimum absolute atomic E-state index is 0.153. The van der Waals surface area contributed by atoms with Crippen molar-refractivity contribution in [2.45, 2.75) is 23.6 Å². The van der Waals surface area contributed by atoms with Crippen LogP contribution in [0.5, 0.6) is 0 Å². The van der Waals surface area contributed by atoms with Gasteiger partial charge in [0.05, 0.1) is 0 Å². The van der Waals surface area contributed by atoms with Gasteiger partial charge in [0, 0.05) is 6.07 Å². The highest BCUT2D eigenvalue weighted by Gasteiger charge is 2.27. The average Bonchev–Trinajstić information content (AvgIpc) is 3.27. The number of hydrogen-bond donors (Lipinski definition) is 2. The summed E-state index contributed by atoms with van der Waals surface area (Å²) in [5.74, 6) is 0.266. The van der Waals surface area contributed by atoms with Crippen molar-refractivity contribution in [3.63, 3.8) is 0 Å². The number of nitrogens with zero attached hydrogens (tertiary/aromatic N) is 1. The van der Waals surface area contributed by atoms with Crippen LogP contribution in [0.3, 0.4) is 0 Å². The highest BCUT2D eigenvalue weighted by atomic mass is 32.2. The van der Waals surface area contributed by atoms with Crippen LogP contribution in [-0.2, 0) is 21.2 Å². The lowest BCUT2D eigenvalue weighted by molar-refractivity contribution is -0.117. The number of benzene rings is 1. The molecular weight excluding hydrogens is 374 g/mol. The van der Waals surface area contributed by atoms with E-state index in [0.717, 1.165) is 16.9 Å². The van der Waals surface area contributed by atoms with Gasteiger partial charge in [0.1, 0.15) is 16.0 Å². The zero-order chi connectivity index (χ0) is 18.6. The average molecular weight is 391 g/mol. The smallest absolute Gasteiger partial charge is 0.250 e. The molecule has 7 nitrogen and oxygen atoms in total. The number of nitrogens with one attached hydrogen (secondary N) is 2. The van der Waals surface area contributed by atoms with Crippen LogP contribution in [0.2, 0.25) is 0 Å². The maximum atomic E-state index is 12.7. The summed E-state index contributed by atoms with van der Waals surface area (Å²) in [7, 11) is -3.80. The van der Waals surface area contributed by atoms with Gasteiger partial charge in [-0.1, -0.05) is 41.6 Å². The Balaban J connectivity index is 1.82. The molecule has 2 N–H and O–H groups in total. The number of hydrogen-bond acceptors (Lipinski definition) is 6. The van der Waals surface area contributed by atoms with E-state index in [9.17, 15) is 13.2 Å². The SMILES string of the molecule is Cc1cc(NC(=O)[C@H](Cc2ccccc2)NS(=O)(=O)c2cccs2)no1. The summed E-state index contributed by atoms with van der Waals surface area (Å²) >= 11 is 1.09. The van der Waals surface area contributed by atoms with E-state index in [1.807, 2.05) is 30.3 Å². The number of anilines is 1. The Morgan fingerprint density at radius 2 is 2.00 bits per heavy atom. The Hall–Kier alpha value is -2.49. The molecule has 0 bridgehead atoms. The van der Waals surface area contributed by atoms with Crippen LogP contribution >= 0.6 is 11.3 Å². The molecule has 0 unspecified atom stereocenters. The Kier molecular flexibility index (Phi) is 5.50. The molecule has 0 aliphatic rings. The Morgan fingerprint density at radius 1 is 1.23 bits per heavy atom. The minimum atomic E-state index is -3.80. The van der Waals surface area contributed by atoms with Gasteiger partial charge in [-0.15, -0.1) is 11.3 Å². The first-order chi connectivity index (χ1) is 12.4. The summed E-state index contributed by atoms with van der Waals surface area (Å²) < 4.78 is 32.6. The molecule has 26 heavy (non-hydrogen) atoms. The van der Waals surface area contributed by atoms with Crippen molar-refractivity contribution >= 4 is 33.1 Å². The second kappa shape index (κ2) is 7.81. The first-order valence-corrected chi connectivity index (χ1v) is 10.1. The summed E-state index contributed by atoms with van der Waals surface area (Å²) in [6.45, 7) is 1.70. The van der Waals surface area contributed by atoms with E-state index in [2.05, 4.69) is 15.2 Å². The molecule has 0 saturated carbocycles. The number of amides is 1. The topological polar surface area (TPSA) is 101 Å². The van der Waals surface area contributed by atoms with E-state index in [1.54, 1.807) is 24.4 Å². The molecule has 1 aromatic carbocycles. The zero-order valence-electron chi connectivity index (χ0n) is 13.9. The van der Waals surface area contributed by atoms with Gasteiger partial charge in [0.25, 0.3) is 10.0 Å². The van der Waals surface area contributed by atoms with E-state index >= 15 is 0 Å². The Bertz CT molecular complexity index is 967. The lowest BCUT2D eigenvalue weighted by atomic mass is 10.1. The molecule has 136 valence electrons. The van der Waals surface area contributed by atoms with Crippen molar-refractivity contribution < 1.29 is 17.7 Å².